The highest BCUT2D eigenvalue weighted by atomic mass is 32.2. The van der Waals surface area contributed by atoms with Crippen LogP contribution in [0.3, 0.4) is 0 Å². The first-order chi connectivity index (χ1) is 14.4. The normalized spacial score (nSPS) is 12.2. The molecule has 0 aliphatic rings. The fourth-order valence-electron chi connectivity index (χ4n) is 2.36. The zero-order valence-electron chi connectivity index (χ0n) is 17.8. The predicted octanol–water partition coefficient (Wildman–Crippen LogP) is 1.90. The standard InChI is InChI=1S/C19H25N5O6S/c1-10(2)11(3)22-17-14(16(20)25)9-21-19(24-17)23-12-6-7-15(30-31(5,27)28)13(8-12)18(26)29-4/h6-11H,1-5H3,(H2,20,25)(H2,21,22,23,24)/t11-/m1/s1. The summed E-state index contributed by atoms with van der Waals surface area (Å²) in [7, 11) is -2.70. The third-order valence-electron chi connectivity index (χ3n) is 4.30. The van der Waals surface area contributed by atoms with Crippen molar-refractivity contribution < 1.29 is 26.9 Å². The minimum absolute atomic E-state index is 0.000739. The third-order valence-corrected chi connectivity index (χ3v) is 4.78. The molecule has 0 spiro atoms. The smallest absolute Gasteiger partial charge is 0.341 e. The van der Waals surface area contributed by atoms with Gasteiger partial charge in [-0.15, -0.1) is 0 Å². The Balaban J connectivity index is 2.41. The summed E-state index contributed by atoms with van der Waals surface area (Å²) < 4.78 is 32.4. The molecule has 0 fully saturated rings. The molecule has 2 rings (SSSR count). The van der Waals surface area contributed by atoms with Crippen LogP contribution in [0, 0.1) is 5.92 Å². The van der Waals surface area contributed by atoms with Gasteiger partial charge in [-0.05, 0) is 31.0 Å². The Morgan fingerprint density at radius 1 is 1.16 bits per heavy atom. The van der Waals surface area contributed by atoms with Crippen molar-refractivity contribution in [1.29, 1.82) is 0 Å². The predicted molar refractivity (Wildman–Crippen MR) is 115 cm³/mol. The number of anilines is 3. The van der Waals surface area contributed by atoms with Crippen LogP contribution in [0.4, 0.5) is 17.5 Å². The van der Waals surface area contributed by atoms with E-state index >= 15 is 0 Å². The fraction of sp³-hybridized carbons (Fsp3) is 0.368. The summed E-state index contributed by atoms with van der Waals surface area (Å²) in [6, 6.07) is 4.11. The molecular formula is C19H25N5O6S. The van der Waals surface area contributed by atoms with E-state index in [0.717, 1.165) is 13.4 Å². The van der Waals surface area contributed by atoms with Crippen molar-refractivity contribution >= 4 is 39.4 Å². The number of rotatable bonds is 9. The van der Waals surface area contributed by atoms with Crippen LogP contribution >= 0.6 is 0 Å². The SMILES string of the molecule is COC(=O)c1cc(Nc2ncc(C(N)=O)c(N[C@H](C)C(C)C)n2)ccc1OS(C)(=O)=O. The van der Waals surface area contributed by atoms with Crippen LogP contribution in [0.25, 0.3) is 0 Å². The number of nitrogens with zero attached hydrogens (tertiary/aromatic N) is 2. The van der Waals surface area contributed by atoms with E-state index in [0.29, 0.717) is 5.69 Å². The topological polar surface area (TPSA) is 163 Å². The summed E-state index contributed by atoms with van der Waals surface area (Å²) >= 11 is 0. The summed E-state index contributed by atoms with van der Waals surface area (Å²) in [5.74, 6) is -1.01. The van der Waals surface area contributed by atoms with E-state index in [-0.39, 0.29) is 40.6 Å². The van der Waals surface area contributed by atoms with Gasteiger partial charge in [0.2, 0.25) is 5.95 Å². The maximum Gasteiger partial charge on any atom is 0.341 e. The second-order valence-electron chi connectivity index (χ2n) is 7.11. The molecule has 0 aliphatic carbocycles. The molecular weight excluding hydrogens is 426 g/mol. The summed E-state index contributed by atoms with van der Waals surface area (Å²) in [6.45, 7) is 5.96. The third kappa shape index (κ3) is 6.54. The van der Waals surface area contributed by atoms with Crippen molar-refractivity contribution in [2.75, 3.05) is 24.0 Å². The molecule has 1 aromatic heterocycles. The van der Waals surface area contributed by atoms with E-state index < -0.39 is 22.0 Å². The molecule has 0 saturated carbocycles. The molecule has 168 valence electrons. The Morgan fingerprint density at radius 2 is 1.84 bits per heavy atom. The maximum absolute atomic E-state index is 12.1. The summed E-state index contributed by atoms with van der Waals surface area (Å²) in [5.41, 5.74) is 5.79. The molecule has 1 atom stereocenters. The Kier molecular flexibility index (Phi) is 7.39. The Labute approximate surface area is 180 Å². The second-order valence-corrected chi connectivity index (χ2v) is 8.69. The summed E-state index contributed by atoms with van der Waals surface area (Å²) in [4.78, 5) is 32.2. The van der Waals surface area contributed by atoms with E-state index in [1.165, 1.54) is 24.4 Å². The van der Waals surface area contributed by atoms with Crippen LogP contribution in [-0.2, 0) is 14.9 Å². The second kappa shape index (κ2) is 9.60. The minimum atomic E-state index is -3.86. The van der Waals surface area contributed by atoms with Gasteiger partial charge in [0.05, 0.1) is 18.9 Å². The van der Waals surface area contributed by atoms with E-state index in [9.17, 15) is 18.0 Å². The lowest BCUT2D eigenvalue weighted by Gasteiger charge is -2.20. The highest BCUT2D eigenvalue weighted by molar-refractivity contribution is 7.86. The first-order valence-corrected chi connectivity index (χ1v) is 11.0. The molecule has 0 aliphatic heterocycles. The molecule has 2 aromatic rings. The van der Waals surface area contributed by atoms with Gasteiger partial charge in [0, 0.05) is 17.9 Å². The highest BCUT2D eigenvalue weighted by Crippen LogP contribution is 2.27. The lowest BCUT2D eigenvalue weighted by atomic mass is 10.1. The monoisotopic (exact) mass is 451 g/mol. The Bertz CT molecular complexity index is 1090. The lowest BCUT2D eigenvalue weighted by Crippen LogP contribution is -2.25. The number of carbonyl (C=O) groups excluding carboxylic acids is 2. The van der Waals surface area contributed by atoms with Crippen LogP contribution in [0.2, 0.25) is 0 Å². The number of hydrogen-bond donors (Lipinski definition) is 3. The first kappa shape index (κ1) is 23.9. The number of amides is 1. The molecule has 11 nitrogen and oxygen atoms in total. The van der Waals surface area contributed by atoms with Gasteiger partial charge in [-0.25, -0.2) is 9.78 Å². The van der Waals surface area contributed by atoms with Crippen molar-refractivity contribution in [3.63, 3.8) is 0 Å². The van der Waals surface area contributed by atoms with Crippen molar-refractivity contribution in [1.82, 2.24) is 9.97 Å². The van der Waals surface area contributed by atoms with Gasteiger partial charge in [0.25, 0.3) is 5.91 Å². The largest absolute Gasteiger partial charge is 0.465 e. The number of primary amides is 1. The van der Waals surface area contributed by atoms with Crippen LogP contribution in [0.5, 0.6) is 5.75 Å². The molecule has 12 heteroatoms. The number of hydrogen-bond acceptors (Lipinski definition) is 10. The molecule has 0 unspecified atom stereocenters. The van der Waals surface area contributed by atoms with E-state index in [1.54, 1.807) is 0 Å². The van der Waals surface area contributed by atoms with Gasteiger partial charge >= 0.3 is 16.1 Å². The van der Waals surface area contributed by atoms with Crippen LogP contribution < -0.4 is 20.6 Å². The summed E-state index contributed by atoms with van der Waals surface area (Å²) in [5, 5.41) is 6.03. The highest BCUT2D eigenvalue weighted by Gasteiger charge is 2.19. The molecule has 31 heavy (non-hydrogen) atoms. The van der Waals surface area contributed by atoms with E-state index in [2.05, 4.69) is 25.3 Å². The van der Waals surface area contributed by atoms with E-state index in [1.807, 2.05) is 20.8 Å². The van der Waals surface area contributed by atoms with Gasteiger partial charge in [0.1, 0.15) is 11.4 Å². The molecule has 0 saturated heterocycles. The van der Waals surface area contributed by atoms with Crippen LogP contribution in [0.1, 0.15) is 41.5 Å². The van der Waals surface area contributed by atoms with Crippen LogP contribution in [0.15, 0.2) is 24.4 Å². The average molecular weight is 452 g/mol. The Morgan fingerprint density at radius 3 is 2.39 bits per heavy atom. The number of benzene rings is 1. The number of nitrogens with one attached hydrogen (secondary N) is 2. The summed E-state index contributed by atoms with van der Waals surface area (Å²) in [6.07, 6.45) is 2.15. The Hall–Kier alpha value is -3.41. The molecule has 0 radical (unpaired) electrons. The van der Waals surface area contributed by atoms with E-state index in [4.69, 9.17) is 9.92 Å². The van der Waals surface area contributed by atoms with Crippen LogP contribution in [-0.4, -0.2) is 49.7 Å². The zero-order valence-corrected chi connectivity index (χ0v) is 18.6. The van der Waals surface area contributed by atoms with Gasteiger partial charge in [-0.1, -0.05) is 13.8 Å². The van der Waals surface area contributed by atoms with Crippen molar-refractivity contribution in [2.24, 2.45) is 11.7 Å². The maximum atomic E-state index is 12.1. The molecule has 4 N–H and O–H groups in total. The number of esters is 1. The van der Waals surface area contributed by atoms with Gasteiger partial charge in [-0.3, -0.25) is 4.79 Å². The zero-order chi connectivity index (χ0) is 23.3. The number of methoxy groups -OCH3 is 1. The molecule has 1 amide bonds. The van der Waals surface area contributed by atoms with Gasteiger partial charge in [0.15, 0.2) is 5.75 Å². The number of aromatic nitrogens is 2. The van der Waals surface area contributed by atoms with Crippen molar-refractivity contribution in [3.8, 4) is 5.75 Å². The lowest BCUT2D eigenvalue weighted by molar-refractivity contribution is 0.0598. The number of carbonyl (C=O) groups is 2. The van der Waals surface area contributed by atoms with Crippen molar-refractivity contribution in [3.05, 3.63) is 35.5 Å². The fourth-order valence-corrected chi connectivity index (χ4v) is 2.83. The number of ether oxygens (including phenoxy) is 1. The minimum Gasteiger partial charge on any atom is -0.465 e. The molecule has 1 aromatic carbocycles. The van der Waals surface area contributed by atoms with Crippen molar-refractivity contribution in [2.45, 2.75) is 26.8 Å². The first-order valence-electron chi connectivity index (χ1n) is 9.23. The number of nitrogens with two attached hydrogens (primary N) is 1. The van der Waals surface area contributed by atoms with Gasteiger partial charge in [-0.2, -0.15) is 13.4 Å². The molecule has 0 bridgehead atoms. The average Bonchev–Trinajstić information content (AvgIpc) is 2.67. The van der Waals surface area contributed by atoms with Gasteiger partial charge < -0.3 is 25.3 Å². The quantitative estimate of drug-likeness (QED) is 0.379. The molecule has 1 heterocycles.